The Morgan fingerprint density at radius 1 is 1.46 bits per heavy atom. The van der Waals surface area contributed by atoms with Crippen LogP contribution in [-0.2, 0) is 9.53 Å². The molecule has 0 aliphatic carbocycles. The van der Waals surface area contributed by atoms with E-state index >= 15 is 0 Å². The minimum atomic E-state index is -1.08. The fourth-order valence-electron chi connectivity index (χ4n) is 3.09. The number of hydrogen-bond donors (Lipinski definition) is 2. The molecule has 1 saturated heterocycles. The summed E-state index contributed by atoms with van der Waals surface area (Å²) in [6.45, 7) is 2.61. The van der Waals surface area contributed by atoms with Crippen molar-refractivity contribution < 1.29 is 23.8 Å². The van der Waals surface area contributed by atoms with Gasteiger partial charge in [0.05, 0.1) is 11.5 Å². The first-order chi connectivity index (χ1) is 11.5. The first-order valence-electron chi connectivity index (χ1n) is 7.78. The van der Waals surface area contributed by atoms with Crippen molar-refractivity contribution in [3.63, 3.8) is 0 Å². The fourth-order valence-corrected chi connectivity index (χ4v) is 4.21. The Kier molecular flexibility index (Phi) is 4.82. The van der Waals surface area contributed by atoms with E-state index in [2.05, 4.69) is 5.32 Å². The molecule has 1 amide bonds. The number of aryl methyl sites for hydroxylation is 1. The summed E-state index contributed by atoms with van der Waals surface area (Å²) in [6, 6.07) is 3.68. The number of benzene rings is 1. The van der Waals surface area contributed by atoms with E-state index in [1.807, 2.05) is 0 Å². The molecule has 2 aromatic rings. The number of rotatable bonds is 4. The van der Waals surface area contributed by atoms with Crippen molar-refractivity contribution in [3.05, 3.63) is 34.5 Å². The number of carboxylic acid groups (broad SMARTS) is 1. The number of aliphatic carboxylic acids is 1. The van der Waals surface area contributed by atoms with Crippen LogP contribution >= 0.6 is 11.3 Å². The van der Waals surface area contributed by atoms with Gasteiger partial charge in [-0.3, -0.25) is 4.79 Å². The van der Waals surface area contributed by atoms with Crippen LogP contribution in [0.2, 0.25) is 0 Å². The molecule has 0 saturated carbocycles. The van der Waals surface area contributed by atoms with E-state index in [-0.39, 0.29) is 11.7 Å². The lowest BCUT2D eigenvalue weighted by atomic mass is 9.93. The summed E-state index contributed by atoms with van der Waals surface area (Å²) in [5.74, 6) is -2.20. The minimum absolute atomic E-state index is 0.258. The third-order valence-electron chi connectivity index (χ3n) is 4.33. The summed E-state index contributed by atoms with van der Waals surface area (Å²) in [5.41, 5.74) is 0.537. The van der Waals surface area contributed by atoms with E-state index in [4.69, 9.17) is 4.74 Å². The van der Waals surface area contributed by atoms with E-state index in [1.165, 1.54) is 17.4 Å². The summed E-state index contributed by atoms with van der Waals surface area (Å²) < 4.78 is 20.0. The normalized spacial score (nSPS) is 19.2. The van der Waals surface area contributed by atoms with Crippen molar-refractivity contribution in [2.75, 3.05) is 13.2 Å². The molecule has 7 heteroatoms. The molecular weight excluding hydrogens is 333 g/mol. The highest BCUT2D eigenvalue weighted by molar-refractivity contribution is 7.21. The Morgan fingerprint density at radius 3 is 2.88 bits per heavy atom. The van der Waals surface area contributed by atoms with Gasteiger partial charge in [-0.15, -0.1) is 11.3 Å². The Morgan fingerprint density at radius 2 is 2.25 bits per heavy atom. The molecular formula is C17H18FNO4S. The molecule has 5 nitrogen and oxygen atoms in total. The number of carboxylic acids is 1. The van der Waals surface area contributed by atoms with Crippen LogP contribution in [0.1, 0.15) is 28.1 Å². The van der Waals surface area contributed by atoms with Gasteiger partial charge in [0.15, 0.2) is 0 Å². The number of halogens is 1. The topological polar surface area (TPSA) is 75.6 Å². The molecule has 128 valence electrons. The molecule has 0 spiro atoms. The van der Waals surface area contributed by atoms with Gasteiger partial charge < -0.3 is 15.2 Å². The number of hydrogen-bond acceptors (Lipinski definition) is 4. The summed E-state index contributed by atoms with van der Waals surface area (Å²) in [4.78, 5) is 24.5. The Bertz CT molecular complexity index is 782. The number of fused-ring (bicyclic) bond motifs is 1. The molecule has 0 bridgehead atoms. The summed E-state index contributed by atoms with van der Waals surface area (Å²) in [6.07, 6.45) is 1.47. The first-order valence-corrected chi connectivity index (χ1v) is 8.59. The van der Waals surface area contributed by atoms with Crippen molar-refractivity contribution in [1.82, 2.24) is 5.32 Å². The average Bonchev–Trinajstić information content (AvgIpc) is 2.91. The second-order valence-electron chi connectivity index (χ2n) is 5.94. The van der Waals surface area contributed by atoms with Crippen molar-refractivity contribution >= 4 is 33.3 Å². The highest BCUT2D eigenvalue weighted by Gasteiger charge is 2.32. The second-order valence-corrected chi connectivity index (χ2v) is 6.99. The van der Waals surface area contributed by atoms with Gasteiger partial charge >= 0.3 is 5.97 Å². The van der Waals surface area contributed by atoms with Crippen molar-refractivity contribution in [1.29, 1.82) is 0 Å². The highest BCUT2D eigenvalue weighted by Crippen LogP contribution is 2.32. The van der Waals surface area contributed by atoms with E-state index < -0.39 is 17.9 Å². The number of amides is 1. The molecule has 2 atom stereocenters. The van der Waals surface area contributed by atoms with E-state index in [0.29, 0.717) is 40.2 Å². The smallest absolute Gasteiger partial charge is 0.326 e. The maximum absolute atomic E-state index is 14.0. The van der Waals surface area contributed by atoms with Gasteiger partial charge in [0.2, 0.25) is 0 Å². The van der Waals surface area contributed by atoms with Gasteiger partial charge in [-0.25, -0.2) is 9.18 Å². The maximum atomic E-state index is 14.0. The Hall–Kier alpha value is -1.99. The van der Waals surface area contributed by atoms with Crippen LogP contribution in [-0.4, -0.2) is 36.2 Å². The fraction of sp³-hybridized carbons (Fsp3) is 0.412. The van der Waals surface area contributed by atoms with Gasteiger partial charge in [-0.1, -0.05) is 6.07 Å². The molecule has 1 fully saturated rings. The van der Waals surface area contributed by atoms with Crippen molar-refractivity contribution in [3.8, 4) is 0 Å². The first kappa shape index (κ1) is 16.9. The summed E-state index contributed by atoms with van der Waals surface area (Å²) in [7, 11) is 0. The molecule has 1 aliphatic heterocycles. The number of carbonyl (C=O) groups is 2. The number of carbonyl (C=O) groups excluding carboxylic acids is 1. The molecule has 2 unspecified atom stereocenters. The Labute approximate surface area is 142 Å². The SMILES string of the molecule is Cc1c(C(=O)NC(C(=O)O)C2CCCOC2)sc2cccc(F)c12. The number of nitrogens with one attached hydrogen (secondary N) is 1. The summed E-state index contributed by atoms with van der Waals surface area (Å²) >= 11 is 1.17. The van der Waals surface area contributed by atoms with Crippen LogP contribution in [0.4, 0.5) is 4.39 Å². The van der Waals surface area contributed by atoms with Gasteiger partial charge in [-0.2, -0.15) is 0 Å². The zero-order valence-electron chi connectivity index (χ0n) is 13.2. The zero-order valence-corrected chi connectivity index (χ0v) is 14.0. The number of thiophene rings is 1. The van der Waals surface area contributed by atoms with Crippen LogP contribution in [0.5, 0.6) is 0 Å². The van der Waals surface area contributed by atoms with Gasteiger partial charge in [-0.05, 0) is 37.5 Å². The lowest BCUT2D eigenvalue weighted by Crippen LogP contribution is -2.48. The summed E-state index contributed by atoms with van der Waals surface area (Å²) in [5, 5.41) is 12.5. The quantitative estimate of drug-likeness (QED) is 0.888. The van der Waals surface area contributed by atoms with Crippen molar-refractivity contribution in [2.24, 2.45) is 5.92 Å². The predicted molar refractivity (Wildman–Crippen MR) is 89.0 cm³/mol. The van der Waals surface area contributed by atoms with Crippen molar-refractivity contribution in [2.45, 2.75) is 25.8 Å². The lowest BCUT2D eigenvalue weighted by Gasteiger charge is -2.28. The standard InChI is InChI=1S/C17H18FNO4S/c1-9-13-11(18)5-2-6-12(13)24-15(9)16(20)19-14(17(21)22)10-4-3-7-23-8-10/h2,5-6,10,14H,3-4,7-8H2,1H3,(H,19,20)(H,21,22). The molecule has 24 heavy (non-hydrogen) atoms. The molecule has 3 rings (SSSR count). The molecule has 1 aromatic heterocycles. The van der Waals surface area contributed by atoms with Gasteiger partial charge in [0, 0.05) is 22.6 Å². The predicted octanol–water partition coefficient (Wildman–Crippen LogP) is 2.96. The van der Waals surface area contributed by atoms with Crippen LogP contribution in [0, 0.1) is 18.7 Å². The minimum Gasteiger partial charge on any atom is -0.480 e. The van der Waals surface area contributed by atoms with Gasteiger partial charge in [0.1, 0.15) is 11.9 Å². The van der Waals surface area contributed by atoms with E-state index in [9.17, 15) is 19.1 Å². The second kappa shape index (κ2) is 6.86. The van der Waals surface area contributed by atoms with Crippen LogP contribution < -0.4 is 5.32 Å². The average molecular weight is 351 g/mol. The van der Waals surface area contributed by atoms with E-state index in [1.54, 1.807) is 19.1 Å². The van der Waals surface area contributed by atoms with Crippen LogP contribution in [0.15, 0.2) is 18.2 Å². The molecule has 0 radical (unpaired) electrons. The Balaban J connectivity index is 1.86. The largest absolute Gasteiger partial charge is 0.480 e. The van der Waals surface area contributed by atoms with Gasteiger partial charge in [0.25, 0.3) is 5.91 Å². The number of ether oxygens (including phenoxy) is 1. The van der Waals surface area contributed by atoms with Crippen LogP contribution in [0.25, 0.3) is 10.1 Å². The maximum Gasteiger partial charge on any atom is 0.326 e. The zero-order chi connectivity index (χ0) is 17.3. The molecule has 1 aromatic carbocycles. The lowest BCUT2D eigenvalue weighted by molar-refractivity contribution is -0.142. The van der Waals surface area contributed by atoms with E-state index in [0.717, 1.165) is 6.42 Å². The third kappa shape index (κ3) is 3.14. The molecule has 2 heterocycles. The monoisotopic (exact) mass is 351 g/mol. The molecule has 2 N–H and O–H groups in total. The van der Waals surface area contributed by atoms with Crippen LogP contribution in [0.3, 0.4) is 0 Å². The third-order valence-corrected chi connectivity index (χ3v) is 5.58. The molecule has 1 aliphatic rings. The highest BCUT2D eigenvalue weighted by atomic mass is 32.1.